The largest absolute Gasteiger partial charge is 0.364 e. The molecule has 0 unspecified atom stereocenters. The van der Waals surface area contributed by atoms with Gasteiger partial charge in [-0.1, -0.05) is 34.4 Å². The molecule has 7 heteroatoms. The number of halogens is 2. The minimum Gasteiger partial charge on any atom is -0.364 e. The molecule has 0 atom stereocenters. The van der Waals surface area contributed by atoms with E-state index >= 15 is 0 Å². The highest BCUT2D eigenvalue weighted by atomic mass is 35.5. The van der Waals surface area contributed by atoms with Gasteiger partial charge in [0.2, 0.25) is 0 Å². The van der Waals surface area contributed by atoms with Gasteiger partial charge in [0.15, 0.2) is 9.84 Å². The minimum atomic E-state index is -3.44. The van der Waals surface area contributed by atoms with E-state index in [0.717, 1.165) is 11.1 Å². The van der Waals surface area contributed by atoms with Crippen molar-refractivity contribution in [3.05, 3.63) is 58.4 Å². The van der Waals surface area contributed by atoms with Crippen LogP contribution in [0.1, 0.15) is 5.56 Å². The molecule has 0 aliphatic rings. The lowest BCUT2D eigenvalue weighted by Crippen LogP contribution is -2.03. The van der Waals surface area contributed by atoms with Crippen LogP contribution in [0.2, 0.25) is 10.0 Å². The number of hydrogen-bond acceptors (Lipinski definition) is 4. The van der Waals surface area contributed by atoms with Crippen LogP contribution in [0.4, 0.5) is 0 Å². The highest BCUT2D eigenvalue weighted by Gasteiger charge is 2.20. The molecule has 2 aromatic carbocycles. The molecule has 0 aliphatic heterocycles. The third-order valence-corrected chi connectivity index (χ3v) is 5.66. The number of sulfone groups is 1. The van der Waals surface area contributed by atoms with E-state index in [4.69, 9.17) is 27.7 Å². The fourth-order valence-electron chi connectivity index (χ4n) is 2.66. The highest BCUT2D eigenvalue weighted by Crippen LogP contribution is 2.37. The standard InChI is InChI=1S/C17H13Cl2NO3S/c1-10-5-12(13-8-20-23-9-13)6-14(17(10)24(2,21)22)11-3-4-15(18)16(19)7-11/h3-9H,1-2H3. The molecule has 1 aromatic heterocycles. The normalized spacial score (nSPS) is 11.7. The molecule has 0 radical (unpaired) electrons. The molecule has 0 aliphatic carbocycles. The van der Waals surface area contributed by atoms with Gasteiger partial charge in [0, 0.05) is 17.4 Å². The van der Waals surface area contributed by atoms with E-state index in [1.807, 2.05) is 0 Å². The smallest absolute Gasteiger partial charge is 0.176 e. The first-order chi connectivity index (χ1) is 11.3. The summed E-state index contributed by atoms with van der Waals surface area (Å²) in [5.41, 5.74) is 3.44. The zero-order valence-corrected chi connectivity index (χ0v) is 15.2. The number of aromatic nitrogens is 1. The van der Waals surface area contributed by atoms with Crippen LogP contribution in [0, 0.1) is 6.92 Å². The maximum atomic E-state index is 12.3. The van der Waals surface area contributed by atoms with Gasteiger partial charge in [-0.05, 0) is 47.9 Å². The number of aryl methyl sites for hydroxylation is 1. The summed E-state index contributed by atoms with van der Waals surface area (Å²) in [6.07, 6.45) is 4.27. The average molecular weight is 382 g/mol. The maximum absolute atomic E-state index is 12.3. The van der Waals surface area contributed by atoms with Crippen molar-refractivity contribution >= 4 is 33.0 Å². The fraction of sp³-hybridized carbons (Fsp3) is 0.118. The molecule has 0 fully saturated rings. The summed E-state index contributed by atoms with van der Waals surface area (Å²) in [4.78, 5) is 0.265. The molecule has 3 rings (SSSR count). The lowest BCUT2D eigenvalue weighted by molar-refractivity contribution is 0.420. The van der Waals surface area contributed by atoms with E-state index in [1.54, 1.807) is 43.5 Å². The topological polar surface area (TPSA) is 60.2 Å². The second-order valence-corrected chi connectivity index (χ2v) is 8.25. The molecule has 4 nitrogen and oxygen atoms in total. The van der Waals surface area contributed by atoms with Crippen molar-refractivity contribution in [1.29, 1.82) is 0 Å². The number of rotatable bonds is 3. The monoisotopic (exact) mass is 381 g/mol. The van der Waals surface area contributed by atoms with Crippen molar-refractivity contribution in [1.82, 2.24) is 5.16 Å². The lowest BCUT2D eigenvalue weighted by atomic mass is 9.98. The maximum Gasteiger partial charge on any atom is 0.176 e. The van der Waals surface area contributed by atoms with Gasteiger partial charge in [-0.15, -0.1) is 0 Å². The molecular formula is C17H13Cl2NO3S. The third-order valence-electron chi connectivity index (χ3n) is 3.64. The predicted octanol–water partition coefficient (Wildman–Crippen LogP) is 5.03. The first kappa shape index (κ1) is 17.0. The van der Waals surface area contributed by atoms with E-state index in [1.165, 1.54) is 12.5 Å². The predicted molar refractivity (Wildman–Crippen MR) is 95.2 cm³/mol. The molecule has 0 saturated carbocycles. The molecule has 0 bridgehead atoms. The summed E-state index contributed by atoms with van der Waals surface area (Å²) in [6, 6.07) is 8.63. The summed E-state index contributed by atoms with van der Waals surface area (Å²) in [6.45, 7) is 1.76. The van der Waals surface area contributed by atoms with Crippen molar-refractivity contribution in [2.24, 2.45) is 0 Å². The highest BCUT2D eigenvalue weighted by molar-refractivity contribution is 7.90. The first-order valence-corrected chi connectivity index (χ1v) is 9.62. The SMILES string of the molecule is Cc1cc(-c2cnoc2)cc(-c2ccc(Cl)c(Cl)c2)c1S(C)(=O)=O. The van der Waals surface area contributed by atoms with E-state index in [0.29, 0.717) is 26.7 Å². The molecule has 0 amide bonds. The van der Waals surface area contributed by atoms with Gasteiger partial charge >= 0.3 is 0 Å². The second-order valence-electron chi connectivity index (χ2n) is 5.48. The molecule has 124 valence electrons. The van der Waals surface area contributed by atoms with Crippen LogP contribution in [-0.4, -0.2) is 19.8 Å². The first-order valence-electron chi connectivity index (χ1n) is 6.97. The molecule has 3 aromatic rings. The van der Waals surface area contributed by atoms with Gasteiger partial charge in [-0.3, -0.25) is 0 Å². The Morgan fingerprint density at radius 2 is 1.75 bits per heavy atom. The fourth-order valence-corrected chi connectivity index (χ4v) is 4.18. The van der Waals surface area contributed by atoms with E-state index in [9.17, 15) is 8.42 Å². The summed E-state index contributed by atoms with van der Waals surface area (Å²) in [5.74, 6) is 0. The van der Waals surface area contributed by atoms with Crippen molar-refractivity contribution in [3.8, 4) is 22.3 Å². The Balaban J connectivity index is 2.34. The van der Waals surface area contributed by atoms with Crippen molar-refractivity contribution < 1.29 is 12.9 Å². The Bertz CT molecular complexity index is 1010. The zero-order chi connectivity index (χ0) is 17.5. The van der Waals surface area contributed by atoms with Crippen LogP contribution < -0.4 is 0 Å². The van der Waals surface area contributed by atoms with Crippen molar-refractivity contribution in [3.63, 3.8) is 0 Å². The number of benzene rings is 2. The van der Waals surface area contributed by atoms with Crippen LogP contribution in [0.15, 0.2) is 52.2 Å². The van der Waals surface area contributed by atoms with E-state index in [-0.39, 0.29) is 4.90 Å². The van der Waals surface area contributed by atoms with Gasteiger partial charge in [0.05, 0.1) is 21.1 Å². The summed E-state index contributed by atoms with van der Waals surface area (Å²) in [7, 11) is -3.44. The van der Waals surface area contributed by atoms with Crippen LogP contribution in [0.5, 0.6) is 0 Å². The van der Waals surface area contributed by atoms with Crippen molar-refractivity contribution in [2.45, 2.75) is 11.8 Å². The summed E-state index contributed by atoms with van der Waals surface area (Å²) >= 11 is 12.1. The molecule has 0 spiro atoms. The Morgan fingerprint density at radius 1 is 1.00 bits per heavy atom. The Hall–Kier alpha value is -1.82. The van der Waals surface area contributed by atoms with Gasteiger partial charge in [-0.2, -0.15) is 0 Å². The summed E-state index contributed by atoms with van der Waals surface area (Å²) in [5, 5.41) is 4.47. The number of hydrogen-bond donors (Lipinski definition) is 0. The third kappa shape index (κ3) is 3.20. The van der Waals surface area contributed by atoms with Crippen molar-refractivity contribution in [2.75, 3.05) is 6.26 Å². The quantitative estimate of drug-likeness (QED) is 0.638. The Labute approximate surface area is 149 Å². The van der Waals surface area contributed by atoms with Gasteiger partial charge in [0.25, 0.3) is 0 Å². The van der Waals surface area contributed by atoms with Crippen LogP contribution in [-0.2, 0) is 9.84 Å². The van der Waals surface area contributed by atoms with Crippen LogP contribution in [0.25, 0.3) is 22.3 Å². The summed E-state index contributed by atoms with van der Waals surface area (Å²) < 4.78 is 29.5. The second kappa shape index (κ2) is 6.24. The molecule has 1 heterocycles. The van der Waals surface area contributed by atoms with Crippen LogP contribution in [0.3, 0.4) is 0 Å². The average Bonchev–Trinajstić information content (AvgIpc) is 3.02. The van der Waals surface area contributed by atoms with Gasteiger partial charge in [0.1, 0.15) is 6.26 Å². The minimum absolute atomic E-state index is 0.265. The molecule has 24 heavy (non-hydrogen) atoms. The Kier molecular flexibility index (Phi) is 4.42. The van der Waals surface area contributed by atoms with Crippen LogP contribution >= 0.6 is 23.2 Å². The van der Waals surface area contributed by atoms with Gasteiger partial charge < -0.3 is 4.52 Å². The molecule has 0 N–H and O–H groups in total. The van der Waals surface area contributed by atoms with E-state index in [2.05, 4.69) is 5.16 Å². The lowest BCUT2D eigenvalue weighted by Gasteiger charge is -2.14. The van der Waals surface area contributed by atoms with E-state index < -0.39 is 9.84 Å². The number of nitrogens with zero attached hydrogens (tertiary/aromatic N) is 1. The molecular weight excluding hydrogens is 369 g/mol. The van der Waals surface area contributed by atoms with Gasteiger partial charge in [-0.25, -0.2) is 8.42 Å². The zero-order valence-electron chi connectivity index (χ0n) is 12.9. The molecule has 0 saturated heterocycles. The Morgan fingerprint density at radius 3 is 2.33 bits per heavy atom.